The van der Waals surface area contributed by atoms with Gasteiger partial charge in [0.1, 0.15) is 0 Å². The second-order valence-electron chi connectivity index (χ2n) is 6.96. The predicted octanol–water partition coefficient (Wildman–Crippen LogP) is 5.06. The molecule has 6 heteroatoms. The Morgan fingerprint density at radius 1 is 1.00 bits per heavy atom. The van der Waals surface area contributed by atoms with Crippen LogP contribution in [0.3, 0.4) is 0 Å². The molecule has 0 aliphatic heterocycles. The molecule has 0 aliphatic rings. The van der Waals surface area contributed by atoms with Gasteiger partial charge < -0.3 is 4.74 Å². The molecule has 25 heavy (non-hydrogen) atoms. The Labute approximate surface area is 154 Å². The lowest BCUT2D eigenvalue weighted by atomic mass is 9.93. The Bertz CT molecular complexity index is 498. The zero-order chi connectivity index (χ0) is 19.3. The van der Waals surface area contributed by atoms with E-state index in [9.17, 15) is 17.8 Å². The average molecular weight is 377 g/mol. The van der Waals surface area contributed by atoms with Gasteiger partial charge in [-0.2, -0.15) is 8.42 Å². The molecule has 0 bridgehead atoms. The lowest BCUT2D eigenvalue weighted by Gasteiger charge is -2.28. The van der Waals surface area contributed by atoms with Gasteiger partial charge in [-0.3, -0.25) is 9.35 Å². The Morgan fingerprint density at radius 3 is 1.96 bits per heavy atom. The molecule has 0 saturated carbocycles. The third-order valence-electron chi connectivity index (χ3n) is 4.32. The van der Waals surface area contributed by atoms with Crippen molar-refractivity contribution in [3.63, 3.8) is 0 Å². The smallest absolute Gasteiger partial charge is 0.330 e. The van der Waals surface area contributed by atoms with Crippen molar-refractivity contribution >= 4 is 16.1 Å². The van der Waals surface area contributed by atoms with Crippen LogP contribution in [-0.4, -0.2) is 30.3 Å². The van der Waals surface area contributed by atoms with E-state index >= 15 is 0 Å². The molecule has 0 aromatic rings. The van der Waals surface area contributed by atoms with E-state index in [2.05, 4.69) is 13.5 Å². The highest BCUT2D eigenvalue weighted by Gasteiger charge is 2.51. The summed E-state index contributed by atoms with van der Waals surface area (Å²) in [6.45, 7) is 9.52. The molecule has 0 fully saturated rings. The molecule has 0 aromatic carbocycles. The SMILES string of the molecule is C=C(C)CC(CCCCCCCCCC)(C(=O)OCCC)S(=O)(=O)O. The van der Waals surface area contributed by atoms with Crippen molar-refractivity contribution in [2.75, 3.05) is 6.61 Å². The first-order valence-electron chi connectivity index (χ1n) is 9.50. The molecule has 0 amide bonds. The van der Waals surface area contributed by atoms with Crippen LogP contribution >= 0.6 is 0 Å². The van der Waals surface area contributed by atoms with E-state index in [1.807, 2.05) is 6.92 Å². The maximum Gasteiger partial charge on any atom is 0.330 e. The fourth-order valence-corrected chi connectivity index (χ4v) is 4.05. The van der Waals surface area contributed by atoms with Crippen LogP contribution in [0.1, 0.15) is 91.4 Å². The van der Waals surface area contributed by atoms with Crippen molar-refractivity contribution in [2.45, 2.75) is 96.1 Å². The summed E-state index contributed by atoms with van der Waals surface area (Å²) < 4.78 is 37.0. The second-order valence-corrected chi connectivity index (χ2v) is 8.70. The van der Waals surface area contributed by atoms with E-state index in [0.29, 0.717) is 18.4 Å². The molecule has 0 aromatic heterocycles. The number of allylic oxidation sites excluding steroid dienone is 1. The topological polar surface area (TPSA) is 80.7 Å². The van der Waals surface area contributed by atoms with Crippen molar-refractivity contribution < 1.29 is 22.5 Å². The van der Waals surface area contributed by atoms with Gasteiger partial charge in [0.2, 0.25) is 0 Å². The largest absolute Gasteiger partial charge is 0.464 e. The summed E-state index contributed by atoms with van der Waals surface area (Å²) in [5.74, 6) is -0.859. The van der Waals surface area contributed by atoms with Crippen molar-refractivity contribution in [3.05, 3.63) is 12.2 Å². The first-order valence-corrected chi connectivity index (χ1v) is 10.9. The Hall–Kier alpha value is -0.880. The molecule has 0 saturated heterocycles. The van der Waals surface area contributed by atoms with Gasteiger partial charge in [0, 0.05) is 6.42 Å². The van der Waals surface area contributed by atoms with Gasteiger partial charge in [-0.15, -0.1) is 6.58 Å². The second kappa shape index (κ2) is 12.5. The molecule has 5 nitrogen and oxygen atoms in total. The van der Waals surface area contributed by atoms with Crippen LogP contribution < -0.4 is 0 Å². The van der Waals surface area contributed by atoms with Gasteiger partial charge >= 0.3 is 5.97 Å². The highest BCUT2D eigenvalue weighted by atomic mass is 32.2. The fourth-order valence-electron chi connectivity index (χ4n) is 2.95. The number of esters is 1. The maximum absolute atomic E-state index is 12.4. The molecule has 148 valence electrons. The van der Waals surface area contributed by atoms with Crippen LogP contribution in [-0.2, 0) is 19.6 Å². The highest BCUT2D eigenvalue weighted by molar-refractivity contribution is 7.88. The Kier molecular flexibility index (Phi) is 12.0. The first kappa shape index (κ1) is 24.1. The zero-order valence-corrected chi connectivity index (χ0v) is 17.0. The van der Waals surface area contributed by atoms with E-state index in [4.69, 9.17) is 4.74 Å². The molecule has 1 unspecified atom stereocenters. The van der Waals surface area contributed by atoms with Crippen LogP contribution in [0.4, 0.5) is 0 Å². The standard InChI is InChI=1S/C19H36O5S/c1-5-7-8-9-10-11-12-13-14-19(16-17(3)4,25(21,22)23)18(20)24-15-6-2/h3,5-16H2,1-2,4H3,(H,21,22,23). The third-order valence-corrected chi connectivity index (χ3v) is 5.83. The minimum absolute atomic E-state index is 0.0657. The van der Waals surface area contributed by atoms with Gasteiger partial charge in [-0.1, -0.05) is 70.8 Å². The lowest BCUT2D eigenvalue weighted by Crippen LogP contribution is -2.47. The minimum Gasteiger partial charge on any atom is -0.464 e. The zero-order valence-electron chi connectivity index (χ0n) is 16.2. The molecule has 0 aliphatic carbocycles. The molecule has 0 spiro atoms. The van der Waals surface area contributed by atoms with Gasteiger partial charge in [-0.25, -0.2) is 0 Å². The number of carbonyl (C=O) groups excluding carboxylic acids is 1. The van der Waals surface area contributed by atoms with Crippen molar-refractivity contribution in [1.82, 2.24) is 0 Å². The molecular weight excluding hydrogens is 340 g/mol. The monoisotopic (exact) mass is 376 g/mol. The number of ether oxygens (including phenoxy) is 1. The molecule has 0 heterocycles. The number of unbranched alkanes of at least 4 members (excludes halogenated alkanes) is 7. The minimum atomic E-state index is -4.59. The molecule has 0 radical (unpaired) electrons. The molecular formula is C19H36O5S. The van der Waals surface area contributed by atoms with E-state index in [0.717, 1.165) is 19.3 Å². The number of carbonyl (C=O) groups is 1. The van der Waals surface area contributed by atoms with Crippen LogP contribution in [0, 0.1) is 0 Å². The average Bonchev–Trinajstić information content (AvgIpc) is 2.52. The van der Waals surface area contributed by atoms with Crippen LogP contribution in [0.25, 0.3) is 0 Å². The van der Waals surface area contributed by atoms with Crippen LogP contribution in [0.2, 0.25) is 0 Å². The van der Waals surface area contributed by atoms with Crippen molar-refractivity contribution in [2.24, 2.45) is 0 Å². The highest BCUT2D eigenvalue weighted by Crippen LogP contribution is 2.32. The van der Waals surface area contributed by atoms with E-state index in [-0.39, 0.29) is 19.4 Å². The predicted molar refractivity (Wildman–Crippen MR) is 102 cm³/mol. The summed E-state index contributed by atoms with van der Waals surface area (Å²) >= 11 is 0. The fraction of sp³-hybridized carbons (Fsp3) is 0.842. The Morgan fingerprint density at radius 2 is 1.52 bits per heavy atom. The van der Waals surface area contributed by atoms with E-state index in [1.54, 1.807) is 6.92 Å². The molecule has 1 atom stereocenters. The normalized spacial score (nSPS) is 14.1. The van der Waals surface area contributed by atoms with Crippen LogP contribution in [0.5, 0.6) is 0 Å². The number of hydrogen-bond acceptors (Lipinski definition) is 4. The summed E-state index contributed by atoms with van der Waals surface area (Å²) in [7, 11) is -4.59. The van der Waals surface area contributed by atoms with E-state index < -0.39 is 20.8 Å². The lowest BCUT2D eigenvalue weighted by molar-refractivity contribution is -0.147. The van der Waals surface area contributed by atoms with Crippen molar-refractivity contribution in [3.8, 4) is 0 Å². The quantitative estimate of drug-likeness (QED) is 0.187. The molecule has 0 rings (SSSR count). The first-order chi connectivity index (χ1) is 11.7. The van der Waals surface area contributed by atoms with Gasteiger partial charge in [0.15, 0.2) is 4.75 Å². The number of hydrogen-bond donors (Lipinski definition) is 1. The van der Waals surface area contributed by atoms with Gasteiger partial charge in [-0.05, 0) is 19.8 Å². The van der Waals surface area contributed by atoms with Gasteiger partial charge in [0.25, 0.3) is 10.1 Å². The third kappa shape index (κ3) is 8.86. The maximum atomic E-state index is 12.4. The molecule has 1 N–H and O–H groups in total. The Balaban J connectivity index is 4.83. The van der Waals surface area contributed by atoms with E-state index in [1.165, 1.54) is 25.7 Å². The summed E-state index contributed by atoms with van der Waals surface area (Å²) in [5, 5.41) is 0. The number of rotatable bonds is 15. The summed E-state index contributed by atoms with van der Waals surface area (Å²) in [6, 6.07) is 0. The van der Waals surface area contributed by atoms with Gasteiger partial charge in [0.05, 0.1) is 6.61 Å². The summed E-state index contributed by atoms with van der Waals surface area (Å²) in [6.07, 6.45) is 8.92. The summed E-state index contributed by atoms with van der Waals surface area (Å²) in [5.41, 5.74) is 0.533. The van der Waals surface area contributed by atoms with Crippen LogP contribution in [0.15, 0.2) is 12.2 Å². The summed E-state index contributed by atoms with van der Waals surface area (Å²) in [4.78, 5) is 12.4. The van der Waals surface area contributed by atoms with Crippen molar-refractivity contribution in [1.29, 1.82) is 0 Å².